The van der Waals surface area contributed by atoms with Gasteiger partial charge in [0.15, 0.2) is 5.78 Å². The Hall–Kier alpha value is -1.27. The van der Waals surface area contributed by atoms with Crippen LogP contribution in [0.3, 0.4) is 0 Å². The summed E-state index contributed by atoms with van der Waals surface area (Å²) < 4.78 is 10.5. The smallest absolute Gasteiger partial charge is 0.180 e. The fourth-order valence-electron chi connectivity index (χ4n) is 5.19. The quantitative estimate of drug-likeness (QED) is 0.612. The van der Waals surface area contributed by atoms with Crippen LogP contribution in [0.4, 0.5) is 0 Å². The number of ketones is 1. The van der Waals surface area contributed by atoms with Gasteiger partial charge in [-0.3, -0.25) is 9.69 Å². The second kappa shape index (κ2) is 8.84. The Morgan fingerprint density at radius 1 is 1.24 bits per heavy atom. The molecule has 0 aromatic heterocycles. The van der Waals surface area contributed by atoms with Crippen LogP contribution in [0.25, 0.3) is 0 Å². The van der Waals surface area contributed by atoms with Crippen LogP contribution in [0.15, 0.2) is 18.2 Å². The minimum Gasteiger partial charge on any atom is -0.382 e. The van der Waals surface area contributed by atoms with Crippen LogP contribution >= 0.6 is 0 Å². The van der Waals surface area contributed by atoms with Gasteiger partial charge in [-0.1, -0.05) is 32.0 Å². The van der Waals surface area contributed by atoms with E-state index in [0.717, 1.165) is 44.1 Å². The lowest BCUT2D eigenvalue weighted by Gasteiger charge is -2.53. The summed E-state index contributed by atoms with van der Waals surface area (Å²) in [5.74, 6) is 1.54. The lowest BCUT2D eigenvalue weighted by Crippen LogP contribution is -2.61. The highest BCUT2D eigenvalue weighted by atomic mass is 16.5. The third-order valence-corrected chi connectivity index (χ3v) is 7.40. The van der Waals surface area contributed by atoms with Crippen molar-refractivity contribution < 1.29 is 14.3 Å². The summed E-state index contributed by atoms with van der Waals surface area (Å²) >= 11 is 0. The summed E-state index contributed by atoms with van der Waals surface area (Å²) in [6.45, 7) is 10.4. The largest absolute Gasteiger partial charge is 0.382 e. The van der Waals surface area contributed by atoms with E-state index in [1.807, 2.05) is 0 Å². The molecule has 2 aliphatic carbocycles. The molecule has 29 heavy (non-hydrogen) atoms. The van der Waals surface area contributed by atoms with E-state index in [1.165, 1.54) is 24.0 Å². The molecule has 5 heteroatoms. The van der Waals surface area contributed by atoms with E-state index < -0.39 is 0 Å². The molecule has 0 unspecified atom stereocenters. The van der Waals surface area contributed by atoms with Gasteiger partial charge in [0, 0.05) is 32.3 Å². The highest BCUT2D eigenvalue weighted by molar-refractivity contribution is 6.03. The molecule has 1 saturated carbocycles. The van der Waals surface area contributed by atoms with Gasteiger partial charge in [-0.05, 0) is 54.2 Å². The summed E-state index contributed by atoms with van der Waals surface area (Å²) in [6, 6.07) is 6.56. The number of fused-ring (bicyclic) bond motifs is 4. The van der Waals surface area contributed by atoms with Crippen LogP contribution in [0, 0.1) is 11.8 Å². The molecule has 1 aliphatic heterocycles. The molecule has 0 amide bonds. The zero-order valence-corrected chi connectivity index (χ0v) is 18.2. The molecule has 4 rings (SSSR count). The van der Waals surface area contributed by atoms with E-state index in [9.17, 15) is 4.79 Å². The first kappa shape index (κ1) is 21.0. The molecule has 1 aromatic carbocycles. The van der Waals surface area contributed by atoms with Gasteiger partial charge in [-0.25, -0.2) is 0 Å². The number of ether oxygens (including phenoxy) is 2. The van der Waals surface area contributed by atoms with Gasteiger partial charge in [0.1, 0.15) is 0 Å². The van der Waals surface area contributed by atoms with Crippen molar-refractivity contribution in [2.45, 2.75) is 51.1 Å². The van der Waals surface area contributed by atoms with E-state index in [4.69, 9.17) is 9.47 Å². The van der Waals surface area contributed by atoms with Crippen molar-refractivity contribution in [3.8, 4) is 0 Å². The van der Waals surface area contributed by atoms with E-state index in [1.54, 1.807) is 7.11 Å². The molecule has 3 aliphatic rings. The second-order valence-electron chi connectivity index (χ2n) is 9.37. The molecule has 0 spiro atoms. The molecule has 3 atom stereocenters. The number of rotatable bonds is 10. The Morgan fingerprint density at radius 3 is 2.83 bits per heavy atom. The van der Waals surface area contributed by atoms with Crippen LogP contribution < -0.4 is 5.32 Å². The van der Waals surface area contributed by atoms with Crippen molar-refractivity contribution in [2.75, 3.05) is 46.6 Å². The Bertz CT molecular complexity index is 733. The Labute approximate surface area is 175 Å². The monoisotopic (exact) mass is 400 g/mol. The highest BCUT2D eigenvalue weighted by Crippen LogP contribution is 2.49. The number of carbonyl (C=O) groups excluding carboxylic acids is 1. The fraction of sp³-hybridized carbons (Fsp3) is 0.708. The first-order valence-electron chi connectivity index (χ1n) is 11.2. The summed E-state index contributed by atoms with van der Waals surface area (Å²) in [5.41, 5.74) is 3.57. The van der Waals surface area contributed by atoms with E-state index in [2.05, 4.69) is 42.3 Å². The van der Waals surface area contributed by atoms with Crippen molar-refractivity contribution in [3.05, 3.63) is 34.9 Å². The number of nitrogens with zero attached hydrogens (tertiary/aromatic N) is 1. The van der Waals surface area contributed by atoms with Gasteiger partial charge >= 0.3 is 0 Å². The Morgan fingerprint density at radius 2 is 2.07 bits per heavy atom. The molecular formula is C24H36N2O3. The Balaban J connectivity index is 1.43. The number of carbonyl (C=O) groups is 1. The number of hydrogen-bond acceptors (Lipinski definition) is 5. The van der Waals surface area contributed by atoms with Gasteiger partial charge in [0.25, 0.3) is 0 Å². The van der Waals surface area contributed by atoms with Crippen molar-refractivity contribution in [3.63, 3.8) is 0 Å². The van der Waals surface area contributed by atoms with Gasteiger partial charge < -0.3 is 14.8 Å². The zero-order valence-electron chi connectivity index (χ0n) is 18.2. The number of nitrogens with one attached hydrogen (secondary N) is 1. The van der Waals surface area contributed by atoms with Crippen molar-refractivity contribution >= 4 is 5.78 Å². The van der Waals surface area contributed by atoms with E-state index >= 15 is 0 Å². The summed E-state index contributed by atoms with van der Waals surface area (Å²) in [7, 11) is 1.68. The minimum absolute atomic E-state index is 0.0649. The van der Waals surface area contributed by atoms with Crippen LogP contribution in [-0.2, 0) is 21.4 Å². The van der Waals surface area contributed by atoms with Gasteiger partial charge in [0.05, 0.1) is 25.9 Å². The first-order valence-corrected chi connectivity index (χ1v) is 11.2. The van der Waals surface area contributed by atoms with Crippen molar-refractivity contribution in [1.82, 2.24) is 10.2 Å². The maximum Gasteiger partial charge on any atom is 0.180 e. The van der Waals surface area contributed by atoms with Crippen LogP contribution in [0.1, 0.15) is 54.6 Å². The maximum atomic E-state index is 13.4. The molecule has 160 valence electrons. The molecule has 1 aromatic rings. The van der Waals surface area contributed by atoms with Crippen molar-refractivity contribution in [1.29, 1.82) is 0 Å². The summed E-state index contributed by atoms with van der Waals surface area (Å²) in [6.07, 6.45) is 3.82. The van der Waals surface area contributed by atoms with E-state index in [-0.39, 0.29) is 11.5 Å². The number of Topliss-reactive ketones (excluding diaryl/α,β-unsaturated/α-hetero) is 1. The number of benzene rings is 1. The number of piperidine rings is 1. The van der Waals surface area contributed by atoms with Crippen LogP contribution in [0.5, 0.6) is 0 Å². The average Bonchev–Trinajstić information content (AvgIpc) is 3.53. The van der Waals surface area contributed by atoms with Crippen molar-refractivity contribution in [2.24, 2.45) is 11.8 Å². The molecule has 1 saturated heterocycles. The SMILES string of the molecule is COCCOCCNCc1ccc2c(c1)[C@]1(C)CCN(CC3CC3)[C@H](C2=O)[C@@H]1C. The van der Waals surface area contributed by atoms with Crippen LogP contribution in [-0.4, -0.2) is 63.3 Å². The molecule has 1 N–H and O–H groups in total. The average molecular weight is 401 g/mol. The zero-order chi connectivity index (χ0) is 20.4. The molecule has 5 nitrogen and oxygen atoms in total. The standard InChI is InChI=1S/C24H36N2O3/c1-17-22-23(27)20-7-6-19(15-25-9-11-29-13-12-28-3)14-21(20)24(17,2)8-10-26(22)16-18-4-5-18/h6-7,14,17-18,22,25H,4-5,8-13,15-16H2,1-3H3/t17-,22-,24+/m0/s1. The summed E-state index contributed by atoms with van der Waals surface area (Å²) in [4.78, 5) is 15.9. The number of methoxy groups -OCH3 is 1. The highest BCUT2D eigenvalue weighted by Gasteiger charge is 2.52. The molecule has 2 fully saturated rings. The number of likely N-dealkylation sites (tertiary alicyclic amines) is 1. The maximum absolute atomic E-state index is 13.4. The minimum atomic E-state index is 0.0649. The van der Waals surface area contributed by atoms with Gasteiger partial charge in [0.2, 0.25) is 0 Å². The van der Waals surface area contributed by atoms with Gasteiger partial charge in [-0.2, -0.15) is 0 Å². The summed E-state index contributed by atoms with van der Waals surface area (Å²) in [5, 5.41) is 3.45. The van der Waals surface area contributed by atoms with Crippen LogP contribution in [0.2, 0.25) is 0 Å². The molecule has 1 heterocycles. The normalized spacial score (nSPS) is 29.1. The topological polar surface area (TPSA) is 50.8 Å². The molecular weight excluding hydrogens is 364 g/mol. The van der Waals surface area contributed by atoms with E-state index in [0.29, 0.717) is 31.5 Å². The molecule has 0 radical (unpaired) electrons. The second-order valence-corrected chi connectivity index (χ2v) is 9.37. The first-order chi connectivity index (χ1) is 14.0. The third-order valence-electron chi connectivity index (χ3n) is 7.40. The third kappa shape index (κ3) is 4.29. The molecule has 2 bridgehead atoms. The Kier molecular flexibility index (Phi) is 6.40. The van der Waals surface area contributed by atoms with Gasteiger partial charge in [-0.15, -0.1) is 0 Å². The lowest BCUT2D eigenvalue weighted by atomic mass is 9.58. The predicted molar refractivity (Wildman–Crippen MR) is 114 cm³/mol. The lowest BCUT2D eigenvalue weighted by molar-refractivity contribution is 0.0266. The fourth-order valence-corrected chi connectivity index (χ4v) is 5.19. The predicted octanol–water partition coefficient (Wildman–Crippen LogP) is 3.01. The number of hydrogen-bond donors (Lipinski definition) is 1.